The third-order valence-electron chi connectivity index (χ3n) is 5.95. The fourth-order valence-corrected chi connectivity index (χ4v) is 5.12. The Morgan fingerprint density at radius 1 is 0.789 bits per heavy atom. The Kier molecular flexibility index (Phi) is 8.43. The van der Waals surface area contributed by atoms with Gasteiger partial charge in [-0.1, -0.05) is 59.7 Å². The molecule has 4 rings (SSSR count). The molecule has 1 amide bonds. The Hall–Kier alpha value is -4.17. The number of carbonyl (C=O) groups is 1. The smallest absolute Gasteiger partial charge is 0.264 e. The maximum Gasteiger partial charge on any atom is 0.264 e. The van der Waals surface area contributed by atoms with Gasteiger partial charge in [-0.2, -0.15) is 0 Å². The van der Waals surface area contributed by atoms with Crippen molar-refractivity contribution < 1.29 is 22.3 Å². The number of rotatable bonds is 10. The van der Waals surface area contributed by atoms with E-state index in [-0.39, 0.29) is 23.8 Å². The number of anilines is 1. The lowest BCUT2D eigenvalue weighted by Crippen LogP contribution is -2.40. The van der Waals surface area contributed by atoms with Crippen LogP contribution in [0.15, 0.2) is 102 Å². The summed E-state index contributed by atoms with van der Waals surface area (Å²) in [4.78, 5) is 13.0. The molecule has 0 saturated heterocycles. The van der Waals surface area contributed by atoms with Crippen molar-refractivity contribution >= 4 is 21.6 Å². The molecule has 4 aromatic rings. The standard InChI is InChI=1S/C30H29FN2O4S/c1-22-3-13-27(14-4-22)33(38(35,36)29-17-5-23(2)6-18-29)20-30(34)32-19-24-9-15-28(16-10-24)37-21-25-7-11-26(31)12-8-25/h3-18H,19-21H2,1-2H3,(H,32,34). The Morgan fingerprint density at radius 3 is 1.95 bits per heavy atom. The van der Waals surface area contributed by atoms with Gasteiger partial charge in [-0.15, -0.1) is 0 Å². The fraction of sp³-hybridized carbons (Fsp3) is 0.167. The molecule has 0 unspecified atom stereocenters. The molecule has 38 heavy (non-hydrogen) atoms. The van der Waals surface area contributed by atoms with Gasteiger partial charge in [0.15, 0.2) is 0 Å². The monoisotopic (exact) mass is 532 g/mol. The Labute approximate surface area is 222 Å². The quantitative estimate of drug-likeness (QED) is 0.291. The number of benzene rings is 4. The summed E-state index contributed by atoms with van der Waals surface area (Å²) >= 11 is 0. The number of halogens is 1. The largest absolute Gasteiger partial charge is 0.489 e. The number of ether oxygens (including phenoxy) is 1. The van der Waals surface area contributed by atoms with Gasteiger partial charge in [0.05, 0.1) is 10.6 Å². The summed E-state index contributed by atoms with van der Waals surface area (Å²) < 4.78 is 46.8. The second-order valence-electron chi connectivity index (χ2n) is 9.00. The van der Waals surface area contributed by atoms with Crippen LogP contribution in [0.3, 0.4) is 0 Å². The molecule has 0 heterocycles. The molecule has 0 aliphatic rings. The SMILES string of the molecule is Cc1ccc(N(CC(=O)NCc2ccc(OCc3ccc(F)cc3)cc2)S(=O)(=O)c2ccc(C)cc2)cc1. The van der Waals surface area contributed by atoms with Gasteiger partial charge in [-0.3, -0.25) is 9.10 Å². The van der Waals surface area contributed by atoms with Crippen LogP contribution >= 0.6 is 0 Å². The van der Waals surface area contributed by atoms with Crippen molar-refractivity contribution in [3.63, 3.8) is 0 Å². The number of aryl methyl sites for hydroxylation is 2. The first kappa shape index (κ1) is 26.9. The highest BCUT2D eigenvalue weighted by atomic mass is 32.2. The highest BCUT2D eigenvalue weighted by Crippen LogP contribution is 2.24. The summed E-state index contributed by atoms with van der Waals surface area (Å²) in [5.74, 6) is -0.0908. The second kappa shape index (κ2) is 11.9. The third kappa shape index (κ3) is 6.98. The molecule has 8 heteroatoms. The molecule has 196 valence electrons. The molecule has 0 fully saturated rings. The molecule has 0 atom stereocenters. The van der Waals surface area contributed by atoms with Crippen molar-refractivity contribution in [3.05, 3.63) is 125 Å². The van der Waals surface area contributed by atoms with Gasteiger partial charge in [-0.05, 0) is 73.5 Å². The average Bonchev–Trinajstić information content (AvgIpc) is 2.91. The van der Waals surface area contributed by atoms with Crippen molar-refractivity contribution in [1.29, 1.82) is 0 Å². The van der Waals surface area contributed by atoms with Crippen molar-refractivity contribution in [1.82, 2.24) is 5.32 Å². The summed E-state index contributed by atoms with van der Waals surface area (Å²) in [6, 6.07) is 26.9. The van der Waals surface area contributed by atoms with Gasteiger partial charge in [0.1, 0.15) is 24.7 Å². The number of hydrogen-bond acceptors (Lipinski definition) is 4. The summed E-state index contributed by atoms with van der Waals surface area (Å²) in [5.41, 5.74) is 4.01. The van der Waals surface area contributed by atoms with Crippen molar-refractivity contribution in [3.8, 4) is 5.75 Å². The summed E-state index contributed by atoms with van der Waals surface area (Å²) in [7, 11) is -3.96. The molecule has 0 aliphatic carbocycles. The van der Waals surface area contributed by atoms with Crippen molar-refractivity contribution in [2.75, 3.05) is 10.8 Å². The van der Waals surface area contributed by atoms with Crippen LogP contribution < -0.4 is 14.4 Å². The van der Waals surface area contributed by atoms with Gasteiger partial charge in [0.25, 0.3) is 10.0 Å². The van der Waals surface area contributed by atoms with Crippen LogP contribution in [-0.4, -0.2) is 20.9 Å². The summed E-state index contributed by atoms with van der Waals surface area (Å²) in [6.07, 6.45) is 0. The molecule has 0 aromatic heterocycles. The lowest BCUT2D eigenvalue weighted by Gasteiger charge is -2.24. The van der Waals surface area contributed by atoms with Crippen molar-refractivity contribution in [2.45, 2.75) is 31.9 Å². The maximum atomic E-state index is 13.5. The molecular weight excluding hydrogens is 503 g/mol. The number of hydrogen-bond donors (Lipinski definition) is 1. The number of nitrogens with one attached hydrogen (secondary N) is 1. The normalized spacial score (nSPS) is 11.1. The molecule has 0 saturated carbocycles. The van der Waals surface area contributed by atoms with E-state index in [0.717, 1.165) is 26.6 Å². The number of sulfonamides is 1. The highest BCUT2D eigenvalue weighted by Gasteiger charge is 2.27. The minimum Gasteiger partial charge on any atom is -0.489 e. The van der Waals surface area contributed by atoms with E-state index in [9.17, 15) is 17.6 Å². The number of carbonyl (C=O) groups excluding carboxylic acids is 1. The minimum atomic E-state index is -3.96. The van der Waals surface area contributed by atoms with Crippen LogP contribution in [0.25, 0.3) is 0 Å². The predicted molar refractivity (Wildman–Crippen MR) is 146 cm³/mol. The molecule has 4 aromatic carbocycles. The maximum absolute atomic E-state index is 13.5. The van der Waals surface area contributed by atoms with E-state index >= 15 is 0 Å². The first-order chi connectivity index (χ1) is 18.2. The lowest BCUT2D eigenvalue weighted by atomic mass is 10.2. The summed E-state index contributed by atoms with van der Waals surface area (Å²) in [6.45, 7) is 3.96. The van der Waals surface area contributed by atoms with E-state index in [4.69, 9.17) is 4.74 Å². The minimum absolute atomic E-state index is 0.118. The first-order valence-electron chi connectivity index (χ1n) is 12.1. The Bertz CT molecular complexity index is 1470. The van der Waals surface area contributed by atoms with Gasteiger partial charge < -0.3 is 10.1 Å². The van der Waals surface area contributed by atoms with Crippen LogP contribution in [0, 0.1) is 19.7 Å². The van der Waals surface area contributed by atoms with Crippen LogP contribution in [0.2, 0.25) is 0 Å². The topological polar surface area (TPSA) is 75.7 Å². The fourth-order valence-electron chi connectivity index (χ4n) is 3.70. The Morgan fingerprint density at radius 2 is 1.34 bits per heavy atom. The third-order valence-corrected chi connectivity index (χ3v) is 7.74. The molecule has 0 spiro atoms. The Balaban J connectivity index is 1.40. The highest BCUT2D eigenvalue weighted by molar-refractivity contribution is 7.92. The van der Waals surface area contributed by atoms with E-state index < -0.39 is 15.9 Å². The molecular formula is C30H29FN2O4S. The van der Waals surface area contributed by atoms with Gasteiger partial charge in [0.2, 0.25) is 5.91 Å². The number of amides is 1. The molecule has 0 aliphatic heterocycles. The van der Waals surface area contributed by atoms with Gasteiger partial charge in [-0.25, -0.2) is 12.8 Å². The predicted octanol–water partition coefficient (Wildman–Crippen LogP) is 5.53. The van der Waals surface area contributed by atoms with E-state index in [1.54, 1.807) is 60.7 Å². The molecule has 1 N–H and O–H groups in total. The number of nitrogens with zero attached hydrogens (tertiary/aromatic N) is 1. The van der Waals surface area contributed by atoms with E-state index in [2.05, 4.69) is 5.32 Å². The molecule has 0 radical (unpaired) electrons. The van der Waals surface area contributed by atoms with Crippen molar-refractivity contribution in [2.24, 2.45) is 0 Å². The van der Waals surface area contributed by atoms with Crippen LogP contribution in [0.5, 0.6) is 5.75 Å². The zero-order valence-corrected chi connectivity index (χ0v) is 22.0. The van der Waals surface area contributed by atoms with E-state index in [1.807, 2.05) is 38.1 Å². The van der Waals surface area contributed by atoms with Gasteiger partial charge >= 0.3 is 0 Å². The first-order valence-corrected chi connectivity index (χ1v) is 13.5. The average molecular weight is 533 g/mol. The van der Waals surface area contributed by atoms with Crippen LogP contribution in [-0.2, 0) is 28.0 Å². The van der Waals surface area contributed by atoms with Crippen LogP contribution in [0.1, 0.15) is 22.3 Å². The van der Waals surface area contributed by atoms with E-state index in [0.29, 0.717) is 18.0 Å². The molecule has 0 bridgehead atoms. The zero-order chi connectivity index (χ0) is 27.1. The van der Waals surface area contributed by atoms with Gasteiger partial charge in [0, 0.05) is 6.54 Å². The van der Waals surface area contributed by atoms with Crippen LogP contribution in [0.4, 0.5) is 10.1 Å². The zero-order valence-electron chi connectivity index (χ0n) is 21.2. The molecule has 6 nitrogen and oxygen atoms in total. The van der Waals surface area contributed by atoms with E-state index in [1.165, 1.54) is 12.1 Å². The second-order valence-corrected chi connectivity index (χ2v) is 10.9. The summed E-state index contributed by atoms with van der Waals surface area (Å²) in [5, 5.41) is 2.80. The lowest BCUT2D eigenvalue weighted by molar-refractivity contribution is -0.119.